The maximum atomic E-state index is 3.39. The summed E-state index contributed by atoms with van der Waals surface area (Å²) in [4.78, 5) is 0. The molecular weight excluding hydrogens is 170 g/mol. The van der Waals surface area contributed by atoms with Crippen molar-refractivity contribution < 1.29 is 0 Å². The number of hydrogen-bond donors (Lipinski definition) is 1. The van der Waals surface area contributed by atoms with Crippen LogP contribution in [0.3, 0.4) is 0 Å². The standard InChI is InChI=1S/C13H17N/c1-13(2,3)11-7-4-8-12-10(11)6-5-9-14-12/h4-8,14H,9H2,1-3H3. The van der Waals surface area contributed by atoms with E-state index in [0.29, 0.717) is 0 Å². The van der Waals surface area contributed by atoms with Crippen LogP contribution in [0.2, 0.25) is 0 Å². The second-order valence-electron chi connectivity index (χ2n) is 4.80. The number of rotatable bonds is 0. The first-order valence-electron chi connectivity index (χ1n) is 5.13. The van der Waals surface area contributed by atoms with Crippen molar-refractivity contribution in [3.63, 3.8) is 0 Å². The number of hydrogen-bond acceptors (Lipinski definition) is 1. The van der Waals surface area contributed by atoms with E-state index in [0.717, 1.165) is 6.54 Å². The van der Waals surface area contributed by atoms with Crippen molar-refractivity contribution in [2.75, 3.05) is 11.9 Å². The molecule has 14 heavy (non-hydrogen) atoms. The van der Waals surface area contributed by atoms with E-state index in [2.05, 4.69) is 56.4 Å². The van der Waals surface area contributed by atoms with Gasteiger partial charge in [0.15, 0.2) is 0 Å². The normalized spacial score (nSPS) is 14.8. The van der Waals surface area contributed by atoms with Gasteiger partial charge in [-0.15, -0.1) is 0 Å². The summed E-state index contributed by atoms with van der Waals surface area (Å²) < 4.78 is 0. The fourth-order valence-corrected chi connectivity index (χ4v) is 1.90. The molecule has 1 aromatic rings. The zero-order valence-electron chi connectivity index (χ0n) is 9.09. The van der Waals surface area contributed by atoms with Crippen molar-refractivity contribution >= 4 is 11.8 Å². The summed E-state index contributed by atoms with van der Waals surface area (Å²) in [5.74, 6) is 0. The second-order valence-corrected chi connectivity index (χ2v) is 4.80. The van der Waals surface area contributed by atoms with Gasteiger partial charge in [-0.1, -0.05) is 45.1 Å². The SMILES string of the molecule is CC(C)(C)c1cccc2c1C=CCN2. The molecule has 1 aliphatic rings. The molecule has 0 radical (unpaired) electrons. The van der Waals surface area contributed by atoms with Crippen LogP contribution < -0.4 is 5.32 Å². The molecule has 1 nitrogen and oxygen atoms in total. The first-order valence-corrected chi connectivity index (χ1v) is 5.13. The highest BCUT2D eigenvalue weighted by Crippen LogP contribution is 2.32. The predicted octanol–water partition coefficient (Wildman–Crippen LogP) is 3.42. The van der Waals surface area contributed by atoms with Crippen LogP contribution in [0.5, 0.6) is 0 Å². The van der Waals surface area contributed by atoms with Gasteiger partial charge < -0.3 is 5.32 Å². The Kier molecular flexibility index (Phi) is 2.10. The van der Waals surface area contributed by atoms with Crippen LogP contribution >= 0.6 is 0 Å². The maximum absolute atomic E-state index is 3.39. The Morgan fingerprint density at radius 2 is 2.00 bits per heavy atom. The number of nitrogens with one attached hydrogen (secondary N) is 1. The van der Waals surface area contributed by atoms with E-state index in [-0.39, 0.29) is 5.41 Å². The van der Waals surface area contributed by atoms with Gasteiger partial charge >= 0.3 is 0 Å². The summed E-state index contributed by atoms with van der Waals surface area (Å²) in [6, 6.07) is 6.50. The largest absolute Gasteiger partial charge is 0.381 e. The quantitative estimate of drug-likeness (QED) is 0.656. The van der Waals surface area contributed by atoms with E-state index in [1.54, 1.807) is 0 Å². The zero-order chi connectivity index (χ0) is 10.2. The number of benzene rings is 1. The maximum Gasteiger partial charge on any atom is 0.0419 e. The molecule has 0 amide bonds. The molecule has 1 heterocycles. The molecule has 74 valence electrons. The Labute approximate surface area is 85.8 Å². The topological polar surface area (TPSA) is 12.0 Å². The molecule has 1 heteroatoms. The van der Waals surface area contributed by atoms with E-state index >= 15 is 0 Å². The van der Waals surface area contributed by atoms with Crippen molar-refractivity contribution in [3.8, 4) is 0 Å². The summed E-state index contributed by atoms with van der Waals surface area (Å²) in [7, 11) is 0. The lowest BCUT2D eigenvalue weighted by atomic mass is 9.82. The Balaban J connectivity index is 2.58. The van der Waals surface area contributed by atoms with Crippen molar-refractivity contribution in [3.05, 3.63) is 35.4 Å². The van der Waals surface area contributed by atoms with Crippen molar-refractivity contribution in [2.24, 2.45) is 0 Å². The summed E-state index contributed by atoms with van der Waals surface area (Å²) in [6.45, 7) is 7.71. The third-order valence-corrected chi connectivity index (χ3v) is 2.61. The minimum absolute atomic E-state index is 0.217. The monoisotopic (exact) mass is 187 g/mol. The molecule has 0 aliphatic carbocycles. The van der Waals surface area contributed by atoms with E-state index in [1.807, 2.05) is 0 Å². The molecule has 0 saturated carbocycles. The molecule has 0 unspecified atom stereocenters. The first-order chi connectivity index (χ1) is 6.59. The highest BCUT2D eigenvalue weighted by atomic mass is 14.9. The van der Waals surface area contributed by atoms with Gasteiger partial charge in [0, 0.05) is 17.8 Å². The van der Waals surface area contributed by atoms with Gasteiger partial charge in [0.1, 0.15) is 0 Å². The number of anilines is 1. The van der Waals surface area contributed by atoms with Crippen LogP contribution in [0.15, 0.2) is 24.3 Å². The van der Waals surface area contributed by atoms with Gasteiger partial charge in [-0.05, 0) is 17.0 Å². The second kappa shape index (κ2) is 3.16. The highest BCUT2D eigenvalue weighted by Gasteiger charge is 2.19. The average molecular weight is 187 g/mol. The van der Waals surface area contributed by atoms with Gasteiger partial charge in [0.2, 0.25) is 0 Å². The lowest BCUT2D eigenvalue weighted by Crippen LogP contribution is -2.16. The first kappa shape index (κ1) is 9.32. The third-order valence-electron chi connectivity index (χ3n) is 2.61. The van der Waals surface area contributed by atoms with Crippen LogP contribution in [0.4, 0.5) is 5.69 Å². The molecule has 0 aromatic heterocycles. The van der Waals surface area contributed by atoms with Gasteiger partial charge in [-0.25, -0.2) is 0 Å². The molecule has 1 aromatic carbocycles. The highest BCUT2D eigenvalue weighted by molar-refractivity contribution is 5.73. The van der Waals surface area contributed by atoms with Crippen LogP contribution in [0.1, 0.15) is 31.9 Å². The Morgan fingerprint density at radius 1 is 1.21 bits per heavy atom. The summed E-state index contributed by atoms with van der Waals surface area (Å²) in [5.41, 5.74) is 4.25. The van der Waals surface area contributed by atoms with E-state index < -0.39 is 0 Å². The lowest BCUT2D eigenvalue weighted by molar-refractivity contribution is 0.589. The van der Waals surface area contributed by atoms with Crippen molar-refractivity contribution in [2.45, 2.75) is 26.2 Å². The van der Waals surface area contributed by atoms with Gasteiger partial charge in [0.05, 0.1) is 0 Å². The van der Waals surface area contributed by atoms with Gasteiger partial charge in [-0.2, -0.15) is 0 Å². The number of fused-ring (bicyclic) bond motifs is 1. The van der Waals surface area contributed by atoms with Crippen molar-refractivity contribution in [1.82, 2.24) is 0 Å². The van der Waals surface area contributed by atoms with Crippen LogP contribution in [-0.4, -0.2) is 6.54 Å². The minimum atomic E-state index is 0.217. The third kappa shape index (κ3) is 1.54. The molecule has 0 bridgehead atoms. The molecule has 0 spiro atoms. The smallest absolute Gasteiger partial charge is 0.0419 e. The Bertz CT molecular complexity index is 369. The zero-order valence-corrected chi connectivity index (χ0v) is 9.09. The fraction of sp³-hybridized carbons (Fsp3) is 0.385. The van der Waals surface area contributed by atoms with Crippen LogP contribution in [-0.2, 0) is 5.41 Å². The molecule has 0 atom stereocenters. The predicted molar refractivity (Wildman–Crippen MR) is 62.7 cm³/mol. The summed E-state index contributed by atoms with van der Waals surface area (Å²) in [5, 5.41) is 3.39. The molecule has 0 saturated heterocycles. The Hall–Kier alpha value is -1.24. The van der Waals surface area contributed by atoms with E-state index in [1.165, 1.54) is 16.8 Å². The summed E-state index contributed by atoms with van der Waals surface area (Å²) in [6.07, 6.45) is 4.41. The van der Waals surface area contributed by atoms with E-state index in [9.17, 15) is 0 Å². The summed E-state index contributed by atoms with van der Waals surface area (Å²) >= 11 is 0. The van der Waals surface area contributed by atoms with Crippen LogP contribution in [0, 0.1) is 0 Å². The van der Waals surface area contributed by atoms with E-state index in [4.69, 9.17) is 0 Å². The molecule has 0 fully saturated rings. The minimum Gasteiger partial charge on any atom is -0.381 e. The van der Waals surface area contributed by atoms with Gasteiger partial charge in [-0.3, -0.25) is 0 Å². The molecule has 1 aliphatic heterocycles. The average Bonchev–Trinajstić information content (AvgIpc) is 2.15. The molecular formula is C13H17N. The van der Waals surface area contributed by atoms with Crippen molar-refractivity contribution in [1.29, 1.82) is 0 Å². The van der Waals surface area contributed by atoms with Crippen LogP contribution in [0.25, 0.3) is 6.08 Å². The molecule has 1 N–H and O–H groups in total. The fourth-order valence-electron chi connectivity index (χ4n) is 1.90. The Morgan fingerprint density at radius 3 is 2.71 bits per heavy atom. The molecule has 2 rings (SSSR count). The lowest BCUT2D eigenvalue weighted by Gasteiger charge is -2.25. The van der Waals surface area contributed by atoms with Gasteiger partial charge in [0.25, 0.3) is 0 Å².